The van der Waals surface area contributed by atoms with Crippen LogP contribution in [0.4, 0.5) is 5.95 Å². The van der Waals surface area contributed by atoms with E-state index in [2.05, 4.69) is 9.97 Å². The van der Waals surface area contributed by atoms with Crippen LogP contribution in [0.1, 0.15) is 43.6 Å². The molecule has 29 heavy (non-hydrogen) atoms. The normalized spacial score (nSPS) is 16.4. The number of carbonyl (C=O) groups excluding carboxylic acids is 2. The number of likely N-dealkylation sites (tertiary alicyclic amines) is 1. The molecular weight excluding hydrogens is 386 g/mol. The molecule has 1 saturated heterocycles. The molecule has 7 nitrogen and oxygen atoms in total. The lowest BCUT2D eigenvalue weighted by atomic mass is 9.95. The summed E-state index contributed by atoms with van der Waals surface area (Å²) < 4.78 is 1.05. The summed E-state index contributed by atoms with van der Waals surface area (Å²) in [7, 11) is 3.73. The molecule has 2 aromatic heterocycles. The zero-order valence-electron chi connectivity index (χ0n) is 16.7. The van der Waals surface area contributed by atoms with Gasteiger partial charge in [-0.15, -0.1) is 11.3 Å². The van der Waals surface area contributed by atoms with Crippen molar-refractivity contribution >= 4 is 39.2 Å². The third kappa shape index (κ3) is 3.44. The van der Waals surface area contributed by atoms with Crippen LogP contribution in [0.15, 0.2) is 30.5 Å². The molecule has 0 radical (unpaired) electrons. The average Bonchev–Trinajstić information content (AvgIpc) is 3.31. The van der Waals surface area contributed by atoms with Crippen molar-refractivity contribution in [2.24, 2.45) is 5.73 Å². The van der Waals surface area contributed by atoms with E-state index in [1.165, 1.54) is 11.3 Å². The molecule has 1 fully saturated rings. The van der Waals surface area contributed by atoms with E-state index in [9.17, 15) is 9.59 Å². The van der Waals surface area contributed by atoms with E-state index in [1.807, 2.05) is 50.2 Å². The van der Waals surface area contributed by atoms with Gasteiger partial charge in [-0.25, -0.2) is 9.97 Å². The second-order valence-electron chi connectivity index (χ2n) is 7.51. The highest BCUT2D eigenvalue weighted by Crippen LogP contribution is 2.40. The molecule has 2 N–H and O–H groups in total. The number of nitrogens with two attached hydrogens (primary N) is 1. The quantitative estimate of drug-likeness (QED) is 0.715. The van der Waals surface area contributed by atoms with Crippen molar-refractivity contribution in [2.45, 2.75) is 19.3 Å². The molecule has 0 aliphatic carbocycles. The van der Waals surface area contributed by atoms with Crippen molar-refractivity contribution in [3.8, 4) is 0 Å². The van der Waals surface area contributed by atoms with Crippen LogP contribution in [0.25, 0.3) is 10.1 Å². The fourth-order valence-electron chi connectivity index (χ4n) is 3.88. The number of carbonyl (C=O) groups is 2. The molecule has 0 spiro atoms. The molecule has 8 heteroatoms. The van der Waals surface area contributed by atoms with Crippen molar-refractivity contribution in [3.63, 3.8) is 0 Å². The minimum absolute atomic E-state index is 0.0736. The highest BCUT2D eigenvalue weighted by molar-refractivity contribution is 7.21. The van der Waals surface area contributed by atoms with E-state index in [1.54, 1.807) is 11.1 Å². The summed E-state index contributed by atoms with van der Waals surface area (Å²) in [6, 6.07) is 7.95. The number of benzene rings is 1. The van der Waals surface area contributed by atoms with Crippen molar-refractivity contribution in [2.75, 3.05) is 32.1 Å². The maximum atomic E-state index is 13.1. The number of amides is 2. The molecule has 1 atom stereocenters. The summed E-state index contributed by atoms with van der Waals surface area (Å²) in [5.74, 6) is 0.180. The number of anilines is 1. The van der Waals surface area contributed by atoms with Crippen LogP contribution in [-0.4, -0.2) is 53.9 Å². The van der Waals surface area contributed by atoms with Gasteiger partial charge >= 0.3 is 0 Å². The number of nitrogens with zero attached hydrogens (tertiary/aromatic N) is 4. The molecule has 4 rings (SSSR count). The van der Waals surface area contributed by atoms with E-state index in [4.69, 9.17) is 5.73 Å². The number of aryl methyl sites for hydroxylation is 1. The van der Waals surface area contributed by atoms with Crippen LogP contribution >= 0.6 is 11.3 Å². The van der Waals surface area contributed by atoms with Crippen molar-refractivity contribution < 1.29 is 9.59 Å². The van der Waals surface area contributed by atoms with E-state index < -0.39 is 5.91 Å². The van der Waals surface area contributed by atoms with Crippen LogP contribution in [0.5, 0.6) is 0 Å². The first-order valence-electron chi connectivity index (χ1n) is 9.48. The predicted octanol–water partition coefficient (Wildman–Crippen LogP) is 2.79. The van der Waals surface area contributed by atoms with E-state index in [0.29, 0.717) is 35.2 Å². The zero-order valence-corrected chi connectivity index (χ0v) is 17.5. The number of primary amides is 1. The Morgan fingerprint density at radius 1 is 1.28 bits per heavy atom. The van der Waals surface area contributed by atoms with Gasteiger partial charge in [0.05, 0.1) is 16.1 Å². The lowest BCUT2D eigenvalue weighted by Crippen LogP contribution is -2.30. The summed E-state index contributed by atoms with van der Waals surface area (Å²) in [5.41, 5.74) is 7.81. The minimum Gasteiger partial charge on any atom is -0.365 e. The Balaban J connectivity index is 1.62. The van der Waals surface area contributed by atoms with Gasteiger partial charge in [-0.05, 0) is 30.4 Å². The number of fused-ring (bicyclic) bond motifs is 1. The van der Waals surface area contributed by atoms with Crippen LogP contribution < -0.4 is 10.6 Å². The third-order valence-electron chi connectivity index (χ3n) is 5.34. The molecule has 3 heterocycles. The van der Waals surface area contributed by atoms with Gasteiger partial charge in [0.1, 0.15) is 0 Å². The van der Waals surface area contributed by atoms with Crippen LogP contribution in [0.3, 0.4) is 0 Å². The van der Waals surface area contributed by atoms with Crippen LogP contribution in [-0.2, 0) is 0 Å². The van der Waals surface area contributed by atoms with Gasteiger partial charge in [0, 0.05) is 44.0 Å². The fraction of sp³-hybridized carbons (Fsp3) is 0.333. The second kappa shape index (κ2) is 7.44. The van der Waals surface area contributed by atoms with E-state index in [0.717, 1.165) is 22.1 Å². The number of hydrogen-bond acceptors (Lipinski definition) is 6. The molecule has 1 aromatic carbocycles. The van der Waals surface area contributed by atoms with Crippen LogP contribution in [0.2, 0.25) is 0 Å². The summed E-state index contributed by atoms with van der Waals surface area (Å²) in [4.78, 5) is 38.1. The number of hydrogen-bond donors (Lipinski definition) is 1. The number of rotatable bonds is 4. The highest BCUT2D eigenvalue weighted by Gasteiger charge is 2.33. The largest absolute Gasteiger partial charge is 0.365 e. The lowest BCUT2D eigenvalue weighted by molar-refractivity contribution is 0.0789. The minimum atomic E-state index is -0.408. The van der Waals surface area contributed by atoms with Gasteiger partial charge in [-0.2, -0.15) is 0 Å². The molecule has 0 bridgehead atoms. The first-order valence-corrected chi connectivity index (χ1v) is 10.3. The third-order valence-corrected chi connectivity index (χ3v) is 6.54. The summed E-state index contributed by atoms with van der Waals surface area (Å²) in [6.07, 6.45) is 2.39. The number of thiophene rings is 1. The Bertz CT molecular complexity index is 1110. The molecule has 150 valence electrons. The lowest BCUT2D eigenvalue weighted by Gasteiger charge is -2.19. The maximum Gasteiger partial charge on any atom is 0.259 e. The van der Waals surface area contributed by atoms with Gasteiger partial charge in [0.25, 0.3) is 11.8 Å². The standard InChI is InChI=1S/C21H23N5O2S/c1-12-15(10-23-21(24-12)25(2)3)20(28)26-9-8-13(11-26)17-14-6-4-5-7-16(14)29-18(17)19(22)27/h4-7,10,13H,8-9,11H2,1-3H3,(H2,22,27)/t13-/m0/s1. The van der Waals surface area contributed by atoms with Crippen molar-refractivity contribution in [3.05, 3.63) is 52.2 Å². The second-order valence-corrected chi connectivity index (χ2v) is 8.56. The Morgan fingerprint density at radius 2 is 2.03 bits per heavy atom. The summed E-state index contributed by atoms with van der Waals surface area (Å²) in [5, 5.41) is 1.06. The van der Waals surface area contributed by atoms with Crippen molar-refractivity contribution in [1.82, 2.24) is 14.9 Å². The molecule has 2 amide bonds. The first kappa shape index (κ1) is 19.3. The van der Waals surface area contributed by atoms with E-state index in [-0.39, 0.29) is 11.8 Å². The van der Waals surface area contributed by atoms with Gasteiger partial charge in [0.2, 0.25) is 5.95 Å². The number of aromatic nitrogens is 2. The smallest absolute Gasteiger partial charge is 0.259 e. The van der Waals surface area contributed by atoms with Gasteiger partial charge < -0.3 is 15.5 Å². The predicted molar refractivity (Wildman–Crippen MR) is 115 cm³/mol. The molecule has 1 aliphatic heterocycles. The van der Waals surface area contributed by atoms with Gasteiger partial charge in [-0.3, -0.25) is 9.59 Å². The molecule has 3 aromatic rings. The molecule has 1 aliphatic rings. The van der Waals surface area contributed by atoms with Gasteiger partial charge in [0.15, 0.2) is 0 Å². The van der Waals surface area contributed by atoms with Crippen LogP contribution in [0, 0.1) is 6.92 Å². The molecule has 0 unspecified atom stereocenters. The van der Waals surface area contributed by atoms with Gasteiger partial charge in [-0.1, -0.05) is 18.2 Å². The first-order chi connectivity index (χ1) is 13.9. The van der Waals surface area contributed by atoms with E-state index >= 15 is 0 Å². The average molecular weight is 410 g/mol. The Morgan fingerprint density at radius 3 is 2.72 bits per heavy atom. The monoisotopic (exact) mass is 409 g/mol. The Labute approximate surface area is 173 Å². The Kier molecular flexibility index (Phi) is 4.96. The Hall–Kier alpha value is -3.00. The topological polar surface area (TPSA) is 92.4 Å². The molecular formula is C21H23N5O2S. The van der Waals surface area contributed by atoms with Crippen molar-refractivity contribution in [1.29, 1.82) is 0 Å². The summed E-state index contributed by atoms with van der Waals surface area (Å²) >= 11 is 1.43. The molecule has 0 saturated carbocycles. The summed E-state index contributed by atoms with van der Waals surface area (Å²) in [6.45, 7) is 3.00. The highest BCUT2D eigenvalue weighted by atomic mass is 32.1. The zero-order chi connectivity index (χ0) is 20.7. The maximum absolute atomic E-state index is 13.1. The fourth-order valence-corrected chi connectivity index (χ4v) is 5.03. The SMILES string of the molecule is Cc1nc(N(C)C)ncc1C(=O)N1CC[C@H](c2c(C(N)=O)sc3ccccc23)C1.